The molecule has 1 aliphatic carbocycles. The van der Waals surface area contributed by atoms with Gasteiger partial charge < -0.3 is 9.84 Å². The van der Waals surface area contributed by atoms with Gasteiger partial charge in [0.1, 0.15) is 6.23 Å². The van der Waals surface area contributed by atoms with E-state index in [1.807, 2.05) is 6.07 Å². The van der Waals surface area contributed by atoms with Gasteiger partial charge in [0.15, 0.2) is 0 Å². The maximum absolute atomic E-state index is 12.9. The molecule has 8 heteroatoms. The minimum absolute atomic E-state index is 0.0638. The van der Waals surface area contributed by atoms with Crippen LogP contribution < -0.4 is 4.83 Å². The molecule has 0 spiro atoms. The highest BCUT2D eigenvalue weighted by Gasteiger charge is 2.35. The van der Waals surface area contributed by atoms with Gasteiger partial charge in [0.05, 0.1) is 10.8 Å². The van der Waals surface area contributed by atoms with Gasteiger partial charge in [0.25, 0.3) is 10.0 Å². The Labute approximate surface area is 141 Å². The number of fused-ring (bicyclic) bond motifs is 1. The van der Waals surface area contributed by atoms with Crippen molar-refractivity contribution in [3.05, 3.63) is 29.3 Å². The summed E-state index contributed by atoms with van der Waals surface area (Å²) >= 11 is 0. The lowest BCUT2D eigenvalue weighted by molar-refractivity contribution is -0.139. The minimum Gasteiger partial charge on any atom is -0.481 e. The van der Waals surface area contributed by atoms with Crippen molar-refractivity contribution in [2.45, 2.75) is 49.1 Å². The summed E-state index contributed by atoms with van der Waals surface area (Å²) in [6, 6.07) is 4.98. The van der Waals surface area contributed by atoms with Crippen molar-refractivity contribution in [3.63, 3.8) is 0 Å². The lowest BCUT2D eigenvalue weighted by atomic mass is 9.83. The Morgan fingerprint density at radius 2 is 2.12 bits per heavy atom. The summed E-state index contributed by atoms with van der Waals surface area (Å²) in [6.45, 7) is 0.565. The predicted molar refractivity (Wildman–Crippen MR) is 86.8 cm³/mol. The Balaban J connectivity index is 1.98. The summed E-state index contributed by atoms with van der Waals surface area (Å²) in [4.78, 5) is 14.2. The molecule has 1 aromatic rings. The molecule has 3 rings (SSSR count). The number of carboxylic acids is 1. The number of benzene rings is 1. The molecule has 2 aliphatic rings. The molecule has 1 aliphatic heterocycles. The van der Waals surface area contributed by atoms with Crippen LogP contribution in [0, 0.1) is 0 Å². The van der Waals surface area contributed by atoms with E-state index in [4.69, 9.17) is 4.74 Å². The Hall–Kier alpha value is -1.48. The van der Waals surface area contributed by atoms with E-state index in [9.17, 15) is 18.3 Å². The first-order chi connectivity index (χ1) is 11.4. The van der Waals surface area contributed by atoms with Crippen LogP contribution >= 0.6 is 0 Å². The van der Waals surface area contributed by atoms with E-state index >= 15 is 0 Å². The number of rotatable bonds is 5. The van der Waals surface area contributed by atoms with Gasteiger partial charge in [-0.15, -0.1) is 4.83 Å². The zero-order valence-corrected chi connectivity index (χ0v) is 14.4. The van der Waals surface area contributed by atoms with E-state index in [0.717, 1.165) is 24.8 Å². The monoisotopic (exact) mass is 354 g/mol. The van der Waals surface area contributed by atoms with Crippen LogP contribution in [0.5, 0.6) is 0 Å². The van der Waals surface area contributed by atoms with Crippen LogP contribution in [0.2, 0.25) is 0 Å². The van der Waals surface area contributed by atoms with Crippen molar-refractivity contribution in [2.75, 3.05) is 13.7 Å². The normalized spacial score (nSPS) is 24.7. The maximum Gasteiger partial charge on any atom is 0.311 e. The minimum atomic E-state index is -3.86. The lowest BCUT2D eigenvalue weighted by Gasteiger charge is -2.27. The molecule has 1 saturated heterocycles. The lowest BCUT2D eigenvalue weighted by Crippen LogP contribution is -2.46. The highest BCUT2D eigenvalue weighted by molar-refractivity contribution is 7.89. The number of carbonyl (C=O) groups is 1. The van der Waals surface area contributed by atoms with Gasteiger partial charge in [-0.3, -0.25) is 4.79 Å². The number of aryl methyl sites for hydroxylation is 1. The second-order valence-electron chi connectivity index (χ2n) is 6.23. The van der Waals surface area contributed by atoms with Crippen LogP contribution in [0.1, 0.15) is 42.7 Å². The van der Waals surface area contributed by atoms with E-state index in [2.05, 4.69) is 4.83 Å². The van der Waals surface area contributed by atoms with Crippen molar-refractivity contribution < 1.29 is 23.1 Å². The number of ether oxygens (including phenoxy) is 1. The number of aliphatic carboxylic acids is 1. The largest absolute Gasteiger partial charge is 0.481 e. The number of carboxylic acid groups (broad SMARTS) is 1. The number of nitrogens with zero attached hydrogens (tertiary/aromatic N) is 1. The molecule has 24 heavy (non-hydrogen) atoms. The fraction of sp³-hybridized carbons (Fsp3) is 0.562. The standard InChI is InChI=1S/C16H22N2O5S/c1-23-14-9-4-10-18(14)17-24(21,22)13-8-3-6-11-5-2-7-12(15(11)13)16(19)20/h3,6,8,12,14,17H,2,4-5,7,9-10H2,1H3,(H,19,20)/t12-,14?/m0/s1. The van der Waals surface area contributed by atoms with Crippen molar-refractivity contribution >= 4 is 16.0 Å². The van der Waals surface area contributed by atoms with Crippen LogP contribution in [-0.2, 0) is 26.0 Å². The first-order valence-electron chi connectivity index (χ1n) is 8.10. The summed E-state index contributed by atoms with van der Waals surface area (Å²) in [5.41, 5.74) is 1.23. The van der Waals surface area contributed by atoms with E-state index in [0.29, 0.717) is 24.9 Å². The summed E-state index contributed by atoms with van der Waals surface area (Å²) in [7, 11) is -2.32. The van der Waals surface area contributed by atoms with Crippen LogP contribution in [0.3, 0.4) is 0 Å². The first kappa shape index (κ1) is 17.3. The molecule has 0 bridgehead atoms. The number of hydrogen-bond donors (Lipinski definition) is 2. The molecule has 2 N–H and O–H groups in total. The van der Waals surface area contributed by atoms with Crippen LogP contribution in [-0.4, -0.2) is 44.4 Å². The molecule has 1 aromatic carbocycles. The number of nitrogens with one attached hydrogen (secondary N) is 1. The third-order valence-electron chi connectivity index (χ3n) is 4.74. The Bertz CT molecular complexity index is 734. The summed E-state index contributed by atoms with van der Waals surface area (Å²) in [5.74, 6) is -1.76. The molecule has 0 amide bonds. The number of sulfonamides is 1. The SMILES string of the molecule is COC1CCCN1NS(=O)(=O)c1cccc2c1[C@@H](C(=O)O)CCC2. The average molecular weight is 354 g/mol. The quantitative estimate of drug-likeness (QED) is 0.831. The zero-order valence-electron chi connectivity index (χ0n) is 13.6. The molecule has 0 saturated carbocycles. The van der Waals surface area contributed by atoms with Gasteiger partial charge in [-0.25, -0.2) is 13.4 Å². The molecule has 0 radical (unpaired) electrons. The maximum atomic E-state index is 12.9. The number of hydrogen-bond acceptors (Lipinski definition) is 5. The topological polar surface area (TPSA) is 95.9 Å². The molecule has 1 heterocycles. The smallest absolute Gasteiger partial charge is 0.311 e. The zero-order chi connectivity index (χ0) is 17.3. The van der Waals surface area contributed by atoms with Crippen molar-refractivity contribution in [3.8, 4) is 0 Å². The second kappa shape index (κ2) is 6.79. The molecule has 2 atom stereocenters. The second-order valence-corrected chi connectivity index (χ2v) is 7.86. The fourth-order valence-electron chi connectivity index (χ4n) is 3.61. The molecule has 132 valence electrons. The van der Waals surface area contributed by atoms with Gasteiger partial charge in [0.2, 0.25) is 0 Å². The van der Waals surface area contributed by atoms with Gasteiger partial charge in [-0.05, 0) is 49.3 Å². The van der Waals surface area contributed by atoms with Crippen molar-refractivity contribution in [1.82, 2.24) is 9.84 Å². The third kappa shape index (κ3) is 3.19. The molecular formula is C16H22N2O5S. The Kier molecular flexibility index (Phi) is 4.91. The summed E-state index contributed by atoms with van der Waals surface area (Å²) < 4.78 is 31.1. The van der Waals surface area contributed by atoms with Crippen LogP contribution in [0.15, 0.2) is 23.1 Å². The third-order valence-corrected chi connectivity index (χ3v) is 6.15. The van der Waals surface area contributed by atoms with Crippen molar-refractivity contribution in [2.24, 2.45) is 0 Å². The van der Waals surface area contributed by atoms with Crippen LogP contribution in [0.4, 0.5) is 0 Å². The van der Waals surface area contributed by atoms with E-state index in [-0.39, 0.29) is 11.1 Å². The van der Waals surface area contributed by atoms with Gasteiger partial charge in [-0.1, -0.05) is 12.1 Å². The van der Waals surface area contributed by atoms with Gasteiger partial charge in [0, 0.05) is 13.7 Å². The van der Waals surface area contributed by atoms with E-state index in [1.54, 1.807) is 18.2 Å². The van der Waals surface area contributed by atoms with Crippen molar-refractivity contribution in [1.29, 1.82) is 0 Å². The van der Waals surface area contributed by atoms with Crippen LogP contribution in [0.25, 0.3) is 0 Å². The number of hydrazine groups is 1. The molecule has 7 nitrogen and oxygen atoms in total. The molecule has 1 fully saturated rings. The average Bonchev–Trinajstić information content (AvgIpc) is 2.99. The molecule has 1 unspecified atom stereocenters. The summed E-state index contributed by atoms with van der Waals surface area (Å²) in [5, 5.41) is 11.1. The molecule has 0 aromatic heterocycles. The highest BCUT2D eigenvalue weighted by atomic mass is 32.2. The Morgan fingerprint density at radius 3 is 2.83 bits per heavy atom. The van der Waals surface area contributed by atoms with E-state index < -0.39 is 21.9 Å². The van der Waals surface area contributed by atoms with Gasteiger partial charge in [-0.2, -0.15) is 0 Å². The number of methoxy groups -OCH3 is 1. The molecular weight excluding hydrogens is 332 g/mol. The van der Waals surface area contributed by atoms with E-state index in [1.165, 1.54) is 6.07 Å². The summed E-state index contributed by atoms with van der Waals surface area (Å²) in [6.07, 6.45) is 3.20. The predicted octanol–water partition coefficient (Wildman–Crippen LogP) is 1.45. The Morgan fingerprint density at radius 1 is 1.33 bits per heavy atom. The highest BCUT2D eigenvalue weighted by Crippen LogP contribution is 2.36. The van der Waals surface area contributed by atoms with Gasteiger partial charge >= 0.3 is 5.97 Å². The fourth-order valence-corrected chi connectivity index (χ4v) is 5.05. The first-order valence-corrected chi connectivity index (χ1v) is 9.59.